The van der Waals surface area contributed by atoms with Gasteiger partial charge in [0.2, 0.25) is 5.95 Å². The first kappa shape index (κ1) is 11.3. The van der Waals surface area contributed by atoms with Gasteiger partial charge in [-0.05, 0) is 0 Å². The Bertz CT molecular complexity index is 685. The van der Waals surface area contributed by atoms with Crippen LogP contribution in [-0.4, -0.2) is 39.3 Å². The molecule has 0 aliphatic carbocycles. The van der Waals surface area contributed by atoms with E-state index in [1.54, 1.807) is 6.20 Å². The highest BCUT2D eigenvalue weighted by Gasteiger charge is 2.09. The molecule has 0 aliphatic heterocycles. The van der Waals surface area contributed by atoms with Gasteiger partial charge in [-0.25, -0.2) is 9.97 Å². The van der Waals surface area contributed by atoms with Crippen molar-refractivity contribution in [2.75, 3.05) is 5.73 Å². The van der Waals surface area contributed by atoms with Crippen LogP contribution in [0, 0.1) is 0 Å². The van der Waals surface area contributed by atoms with Crippen LogP contribution in [0.3, 0.4) is 0 Å². The zero-order chi connectivity index (χ0) is 13.2. The summed E-state index contributed by atoms with van der Waals surface area (Å²) in [5.74, 6) is 1.86. The molecule has 9 heteroatoms. The van der Waals surface area contributed by atoms with E-state index in [1.807, 2.05) is 17.8 Å². The Hall–Kier alpha value is -2.84. The van der Waals surface area contributed by atoms with Crippen molar-refractivity contribution in [3.05, 3.63) is 36.7 Å². The van der Waals surface area contributed by atoms with E-state index in [0.29, 0.717) is 18.2 Å². The molecule has 3 heterocycles. The van der Waals surface area contributed by atoms with Crippen molar-refractivity contribution in [2.24, 2.45) is 7.05 Å². The second-order valence-electron chi connectivity index (χ2n) is 3.88. The number of hydrogen-bond acceptors (Lipinski definition) is 7. The minimum absolute atomic E-state index is 0.143. The summed E-state index contributed by atoms with van der Waals surface area (Å²) in [6, 6.07) is 0. The fourth-order valence-corrected chi connectivity index (χ4v) is 1.63. The van der Waals surface area contributed by atoms with E-state index in [2.05, 4.69) is 30.0 Å². The second kappa shape index (κ2) is 4.44. The first-order chi connectivity index (χ1) is 9.22. The summed E-state index contributed by atoms with van der Waals surface area (Å²) in [6.45, 7) is 0. The molecule has 3 aromatic heterocycles. The Morgan fingerprint density at radius 2 is 2.16 bits per heavy atom. The molecular weight excluding hydrogens is 246 g/mol. The lowest BCUT2D eigenvalue weighted by Crippen LogP contribution is -2.11. The standard InChI is InChI=1S/C10H11N9/c1-18-3-2-13-8(18)4-7-15-9(11)17-10(16-7)19-6-12-5-14-19/h2-3,5-6H,4H2,1H3,(H2,11,15,16,17). The summed E-state index contributed by atoms with van der Waals surface area (Å²) >= 11 is 0. The quantitative estimate of drug-likeness (QED) is 0.663. The fraction of sp³-hybridized carbons (Fsp3) is 0.200. The van der Waals surface area contributed by atoms with Gasteiger partial charge in [-0.3, -0.25) is 0 Å². The monoisotopic (exact) mass is 257 g/mol. The van der Waals surface area contributed by atoms with Gasteiger partial charge in [0.25, 0.3) is 5.95 Å². The van der Waals surface area contributed by atoms with Crippen LogP contribution in [0.2, 0.25) is 0 Å². The molecule has 0 aromatic carbocycles. The van der Waals surface area contributed by atoms with Crippen molar-refractivity contribution in [3.8, 4) is 5.95 Å². The van der Waals surface area contributed by atoms with Gasteiger partial charge in [0.15, 0.2) is 0 Å². The topological polar surface area (TPSA) is 113 Å². The van der Waals surface area contributed by atoms with E-state index < -0.39 is 0 Å². The minimum Gasteiger partial charge on any atom is -0.368 e. The summed E-state index contributed by atoms with van der Waals surface area (Å²) in [5.41, 5.74) is 5.68. The van der Waals surface area contributed by atoms with Crippen molar-refractivity contribution in [1.82, 2.24) is 39.3 Å². The molecule has 3 rings (SSSR count). The van der Waals surface area contributed by atoms with E-state index >= 15 is 0 Å². The summed E-state index contributed by atoms with van der Waals surface area (Å²) in [4.78, 5) is 20.5. The van der Waals surface area contributed by atoms with E-state index in [-0.39, 0.29) is 5.95 Å². The molecule has 0 saturated carbocycles. The molecule has 3 aromatic rings. The van der Waals surface area contributed by atoms with Gasteiger partial charge in [-0.15, -0.1) is 0 Å². The first-order valence-electron chi connectivity index (χ1n) is 5.54. The summed E-state index contributed by atoms with van der Waals surface area (Å²) in [6.07, 6.45) is 6.95. The summed E-state index contributed by atoms with van der Waals surface area (Å²) < 4.78 is 3.33. The molecule has 0 aliphatic rings. The SMILES string of the molecule is Cn1ccnc1Cc1nc(N)nc(-n2cncn2)n1. The largest absolute Gasteiger partial charge is 0.368 e. The third kappa shape index (κ3) is 2.25. The van der Waals surface area contributed by atoms with Crippen LogP contribution in [-0.2, 0) is 13.5 Å². The lowest BCUT2D eigenvalue weighted by Gasteiger charge is -2.04. The van der Waals surface area contributed by atoms with E-state index in [0.717, 1.165) is 5.82 Å². The van der Waals surface area contributed by atoms with Crippen LogP contribution in [0.25, 0.3) is 5.95 Å². The molecule has 0 atom stereocenters. The number of nitrogens with zero attached hydrogens (tertiary/aromatic N) is 8. The number of hydrogen-bond donors (Lipinski definition) is 1. The van der Waals surface area contributed by atoms with Crippen molar-refractivity contribution < 1.29 is 0 Å². The predicted molar refractivity (Wildman–Crippen MR) is 65.2 cm³/mol. The summed E-state index contributed by atoms with van der Waals surface area (Å²) in [7, 11) is 1.91. The minimum atomic E-state index is 0.143. The van der Waals surface area contributed by atoms with Crippen molar-refractivity contribution in [2.45, 2.75) is 6.42 Å². The molecular formula is C10H11N9. The van der Waals surface area contributed by atoms with Crippen molar-refractivity contribution >= 4 is 5.95 Å². The molecule has 19 heavy (non-hydrogen) atoms. The van der Waals surface area contributed by atoms with Gasteiger partial charge in [0.1, 0.15) is 24.3 Å². The van der Waals surface area contributed by atoms with Crippen LogP contribution in [0.1, 0.15) is 11.6 Å². The van der Waals surface area contributed by atoms with Crippen LogP contribution in [0.4, 0.5) is 5.95 Å². The van der Waals surface area contributed by atoms with Crippen LogP contribution in [0.5, 0.6) is 0 Å². The highest BCUT2D eigenvalue weighted by Crippen LogP contribution is 2.06. The number of aromatic nitrogens is 8. The molecule has 2 N–H and O–H groups in total. The fourth-order valence-electron chi connectivity index (χ4n) is 1.63. The van der Waals surface area contributed by atoms with E-state index in [1.165, 1.54) is 17.3 Å². The van der Waals surface area contributed by atoms with Crippen LogP contribution < -0.4 is 5.73 Å². The lowest BCUT2D eigenvalue weighted by molar-refractivity contribution is 0.751. The van der Waals surface area contributed by atoms with Gasteiger partial charge in [-0.2, -0.15) is 24.7 Å². The first-order valence-corrected chi connectivity index (χ1v) is 5.54. The normalized spacial score (nSPS) is 10.8. The van der Waals surface area contributed by atoms with Crippen molar-refractivity contribution in [3.63, 3.8) is 0 Å². The maximum Gasteiger partial charge on any atom is 0.257 e. The maximum absolute atomic E-state index is 5.68. The smallest absolute Gasteiger partial charge is 0.257 e. The van der Waals surface area contributed by atoms with Gasteiger partial charge in [-0.1, -0.05) is 0 Å². The summed E-state index contributed by atoms with van der Waals surface area (Å²) in [5, 5.41) is 3.96. The zero-order valence-electron chi connectivity index (χ0n) is 10.2. The molecule has 9 nitrogen and oxygen atoms in total. The molecule has 96 valence electrons. The Labute approximate surface area is 108 Å². The highest BCUT2D eigenvalue weighted by molar-refractivity contribution is 5.23. The van der Waals surface area contributed by atoms with E-state index in [9.17, 15) is 0 Å². The van der Waals surface area contributed by atoms with Crippen LogP contribution >= 0.6 is 0 Å². The Morgan fingerprint density at radius 3 is 2.84 bits per heavy atom. The van der Waals surface area contributed by atoms with Gasteiger partial charge < -0.3 is 10.3 Å². The molecule has 0 radical (unpaired) electrons. The Kier molecular flexibility index (Phi) is 2.63. The molecule has 0 saturated heterocycles. The third-order valence-corrected chi connectivity index (χ3v) is 2.55. The maximum atomic E-state index is 5.68. The number of anilines is 1. The molecule has 0 amide bonds. The Morgan fingerprint density at radius 1 is 1.26 bits per heavy atom. The highest BCUT2D eigenvalue weighted by atomic mass is 15.4. The predicted octanol–water partition coefficient (Wildman–Crippen LogP) is -0.641. The Balaban J connectivity index is 1.96. The van der Waals surface area contributed by atoms with Gasteiger partial charge in [0.05, 0.1) is 6.42 Å². The molecule has 0 bridgehead atoms. The molecule has 0 unspecified atom stereocenters. The lowest BCUT2D eigenvalue weighted by atomic mass is 10.4. The van der Waals surface area contributed by atoms with Crippen molar-refractivity contribution in [1.29, 1.82) is 0 Å². The average molecular weight is 257 g/mol. The number of rotatable bonds is 3. The number of aryl methyl sites for hydroxylation is 1. The van der Waals surface area contributed by atoms with Gasteiger partial charge >= 0.3 is 0 Å². The second-order valence-corrected chi connectivity index (χ2v) is 3.88. The van der Waals surface area contributed by atoms with Crippen LogP contribution in [0.15, 0.2) is 25.0 Å². The number of imidazole rings is 1. The van der Waals surface area contributed by atoms with E-state index in [4.69, 9.17) is 5.73 Å². The number of nitrogen functional groups attached to an aromatic ring is 1. The molecule has 0 fully saturated rings. The third-order valence-electron chi connectivity index (χ3n) is 2.55. The number of nitrogens with two attached hydrogens (primary N) is 1. The molecule has 0 spiro atoms. The van der Waals surface area contributed by atoms with Gasteiger partial charge in [0, 0.05) is 19.4 Å². The zero-order valence-corrected chi connectivity index (χ0v) is 10.2. The average Bonchev–Trinajstić information content (AvgIpc) is 3.01.